The van der Waals surface area contributed by atoms with Gasteiger partial charge in [-0.05, 0) is 25.0 Å². The fourth-order valence-electron chi connectivity index (χ4n) is 2.45. The van der Waals surface area contributed by atoms with Crippen molar-refractivity contribution >= 4 is 17.3 Å². The van der Waals surface area contributed by atoms with E-state index in [0.717, 1.165) is 11.4 Å². The first-order chi connectivity index (χ1) is 9.29. The van der Waals surface area contributed by atoms with E-state index in [0.29, 0.717) is 6.04 Å². The molecule has 4 heteroatoms. The van der Waals surface area contributed by atoms with Gasteiger partial charge in [-0.25, -0.2) is 0 Å². The number of carbonyl (C=O) groups excluding carboxylic acids is 1. The van der Waals surface area contributed by atoms with Crippen molar-refractivity contribution in [1.29, 1.82) is 5.26 Å². The molecule has 0 aromatic heterocycles. The molecule has 1 aromatic carbocycles. The van der Waals surface area contributed by atoms with E-state index >= 15 is 0 Å². The molecule has 1 saturated carbocycles. The topological polar surface area (TPSA) is 64.9 Å². The molecule has 1 aliphatic carbocycles. The molecular weight excluding hydrogens is 238 g/mol. The van der Waals surface area contributed by atoms with Crippen LogP contribution in [0.2, 0.25) is 0 Å². The van der Waals surface area contributed by atoms with Crippen LogP contribution in [0.15, 0.2) is 24.3 Å². The summed E-state index contributed by atoms with van der Waals surface area (Å²) in [7, 11) is 0. The van der Waals surface area contributed by atoms with Crippen molar-refractivity contribution in [2.24, 2.45) is 0 Å². The second-order valence-electron chi connectivity index (χ2n) is 4.91. The zero-order valence-electron chi connectivity index (χ0n) is 11.0. The highest BCUT2D eigenvalue weighted by molar-refractivity contribution is 5.95. The number of hydrogen-bond acceptors (Lipinski definition) is 3. The summed E-state index contributed by atoms with van der Waals surface area (Å²) >= 11 is 0. The minimum absolute atomic E-state index is 0.113. The van der Waals surface area contributed by atoms with E-state index in [1.807, 2.05) is 30.3 Å². The van der Waals surface area contributed by atoms with Crippen molar-refractivity contribution in [3.05, 3.63) is 24.3 Å². The van der Waals surface area contributed by atoms with E-state index in [1.165, 1.54) is 32.1 Å². The van der Waals surface area contributed by atoms with Crippen LogP contribution in [0.5, 0.6) is 0 Å². The number of nitrogens with one attached hydrogen (secondary N) is 2. The summed E-state index contributed by atoms with van der Waals surface area (Å²) < 4.78 is 0. The van der Waals surface area contributed by atoms with Crippen LogP contribution in [0.1, 0.15) is 38.5 Å². The number of amides is 1. The van der Waals surface area contributed by atoms with Crippen LogP contribution in [0, 0.1) is 11.3 Å². The highest BCUT2D eigenvalue weighted by Gasteiger charge is 2.14. The lowest BCUT2D eigenvalue weighted by Gasteiger charge is -2.25. The highest BCUT2D eigenvalue weighted by Crippen LogP contribution is 2.26. The Hall–Kier alpha value is -2.02. The quantitative estimate of drug-likeness (QED) is 0.870. The Morgan fingerprint density at radius 1 is 1.21 bits per heavy atom. The van der Waals surface area contributed by atoms with Crippen LogP contribution in [-0.4, -0.2) is 11.9 Å². The van der Waals surface area contributed by atoms with Gasteiger partial charge in [0.2, 0.25) is 5.91 Å². The average molecular weight is 257 g/mol. The van der Waals surface area contributed by atoms with Gasteiger partial charge in [0.05, 0.1) is 17.4 Å². The molecule has 0 unspecified atom stereocenters. The number of benzene rings is 1. The first kappa shape index (κ1) is 13.4. The Labute approximate surface area is 113 Å². The number of carbonyl (C=O) groups is 1. The number of anilines is 2. The van der Waals surface area contributed by atoms with Gasteiger partial charge in [0.1, 0.15) is 6.42 Å². The summed E-state index contributed by atoms with van der Waals surface area (Å²) in [4.78, 5) is 11.5. The predicted molar refractivity (Wildman–Crippen MR) is 75.8 cm³/mol. The molecule has 0 heterocycles. The van der Waals surface area contributed by atoms with Crippen molar-refractivity contribution < 1.29 is 4.79 Å². The summed E-state index contributed by atoms with van der Waals surface area (Å²) in [6, 6.07) is 10.0. The third kappa shape index (κ3) is 3.99. The van der Waals surface area contributed by atoms with E-state index < -0.39 is 0 Å². The summed E-state index contributed by atoms with van der Waals surface area (Å²) in [6.07, 6.45) is 6.10. The first-order valence-corrected chi connectivity index (χ1v) is 6.82. The number of para-hydroxylation sites is 2. The molecule has 2 rings (SSSR count). The van der Waals surface area contributed by atoms with Crippen LogP contribution in [0.25, 0.3) is 0 Å². The summed E-state index contributed by atoms with van der Waals surface area (Å²) in [5, 5.41) is 14.8. The lowest BCUT2D eigenvalue weighted by molar-refractivity contribution is -0.115. The Kier molecular flexibility index (Phi) is 4.79. The van der Waals surface area contributed by atoms with Gasteiger partial charge in [-0.15, -0.1) is 0 Å². The SMILES string of the molecule is N#CCC(=O)Nc1ccccc1NC1CCCCC1. The first-order valence-electron chi connectivity index (χ1n) is 6.82. The maximum absolute atomic E-state index is 11.5. The molecule has 1 aliphatic rings. The van der Waals surface area contributed by atoms with Crippen LogP contribution in [-0.2, 0) is 4.79 Å². The molecule has 0 aliphatic heterocycles. The Balaban J connectivity index is 2.03. The summed E-state index contributed by atoms with van der Waals surface area (Å²) in [5.74, 6) is -0.264. The standard InChI is InChI=1S/C15H19N3O/c16-11-10-15(19)18-14-9-5-4-8-13(14)17-12-6-2-1-3-7-12/h4-5,8-9,12,17H,1-3,6-7,10H2,(H,18,19). The minimum Gasteiger partial charge on any atom is -0.381 e. The van der Waals surface area contributed by atoms with E-state index in [2.05, 4.69) is 10.6 Å². The van der Waals surface area contributed by atoms with Gasteiger partial charge < -0.3 is 10.6 Å². The van der Waals surface area contributed by atoms with Crippen molar-refractivity contribution in [1.82, 2.24) is 0 Å². The van der Waals surface area contributed by atoms with Crippen LogP contribution >= 0.6 is 0 Å². The third-order valence-electron chi connectivity index (χ3n) is 3.41. The molecule has 2 N–H and O–H groups in total. The molecule has 1 fully saturated rings. The van der Waals surface area contributed by atoms with Crippen molar-refractivity contribution in [3.8, 4) is 6.07 Å². The normalized spacial score (nSPS) is 15.5. The van der Waals surface area contributed by atoms with Gasteiger partial charge in [0.25, 0.3) is 0 Å². The fourth-order valence-corrected chi connectivity index (χ4v) is 2.45. The Morgan fingerprint density at radius 3 is 2.58 bits per heavy atom. The lowest BCUT2D eigenvalue weighted by Crippen LogP contribution is -2.23. The number of nitrogens with zero attached hydrogens (tertiary/aromatic N) is 1. The molecule has 100 valence electrons. The number of rotatable bonds is 4. The molecule has 0 bridgehead atoms. The van der Waals surface area contributed by atoms with Crippen LogP contribution in [0.4, 0.5) is 11.4 Å². The van der Waals surface area contributed by atoms with Crippen LogP contribution in [0.3, 0.4) is 0 Å². The van der Waals surface area contributed by atoms with E-state index in [9.17, 15) is 4.79 Å². The molecule has 0 spiro atoms. The summed E-state index contributed by atoms with van der Waals surface area (Å²) in [6.45, 7) is 0. The summed E-state index contributed by atoms with van der Waals surface area (Å²) in [5.41, 5.74) is 1.70. The zero-order chi connectivity index (χ0) is 13.5. The maximum Gasteiger partial charge on any atom is 0.238 e. The van der Waals surface area contributed by atoms with Gasteiger partial charge in [0, 0.05) is 6.04 Å². The number of hydrogen-bond donors (Lipinski definition) is 2. The maximum atomic E-state index is 11.5. The predicted octanol–water partition coefficient (Wildman–Crippen LogP) is 3.28. The van der Waals surface area contributed by atoms with Crippen molar-refractivity contribution in [2.45, 2.75) is 44.6 Å². The monoisotopic (exact) mass is 257 g/mol. The second kappa shape index (κ2) is 6.79. The van der Waals surface area contributed by atoms with Gasteiger partial charge in [-0.2, -0.15) is 5.26 Å². The smallest absolute Gasteiger partial charge is 0.238 e. The molecule has 4 nitrogen and oxygen atoms in total. The van der Waals surface area contributed by atoms with E-state index in [4.69, 9.17) is 5.26 Å². The third-order valence-corrected chi connectivity index (χ3v) is 3.41. The van der Waals surface area contributed by atoms with Crippen LogP contribution < -0.4 is 10.6 Å². The Bertz CT molecular complexity index is 473. The molecule has 19 heavy (non-hydrogen) atoms. The average Bonchev–Trinajstić information content (AvgIpc) is 2.42. The number of nitriles is 1. The molecule has 1 aromatic rings. The van der Waals surface area contributed by atoms with Crippen molar-refractivity contribution in [3.63, 3.8) is 0 Å². The molecular formula is C15H19N3O. The lowest BCUT2D eigenvalue weighted by atomic mass is 9.95. The van der Waals surface area contributed by atoms with Crippen molar-refractivity contribution in [2.75, 3.05) is 10.6 Å². The van der Waals surface area contributed by atoms with Gasteiger partial charge in [-0.3, -0.25) is 4.79 Å². The second-order valence-corrected chi connectivity index (χ2v) is 4.91. The minimum atomic E-state index is -0.264. The van der Waals surface area contributed by atoms with E-state index in [-0.39, 0.29) is 12.3 Å². The molecule has 0 atom stereocenters. The van der Waals surface area contributed by atoms with Gasteiger partial charge in [0.15, 0.2) is 0 Å². The Morgan fingerprint density at radius 2 is 1.89 bits per heavy atom. The largest absolute Gasteiger partial charge is 0.381 e. The zero-order valence-corrected chi connectivity index (χ0v) is 11.0. The fraction of sp³-hybridized carbons (Fsp3) is 0.467. The molecule has 0 radical (unpaired) electrons. The molecule has 0 saturated heterocycles. The highest BCUT2D eigenvalue weighted by atomic mass is 16.1. The molecule has 1 amide bonds. The van der Waals surface area contributed by atoms with Gasteiger partial charge in [-0.1, -0.05) is 31.4 Å². The van der Waals surface area contributed by atoms with E-state index in [1.54, 1.807) is 0 Å². The van der Waals surface area contributed by atoms with Gasteiger partial charge >= 0.3 is 0 Å².